The Balaban J connectivity index is 1.57. The summed E-state index contributed by atoms with van der Waals surface area (Å²) in [5, 5.41) is 3.63. The Kier molecular flexibility index (Phi) is 3.92. The molecule has 1 fully saturated rings. The van der Waals surface area contributed by atoms with Gasteiger partial charge in [0.05, 0.1) is 6.54 Å². The molecule has 0 radical (unpaired) electrons. The van der Waals surface area contributed by atoms with Crippen LogP contribution < -0.4 is 5.32 Å². The Morgan fingerprint density at radius 3 is 2.75 bits per heavy atom. The van der Waals surface area contributed by atoms with E-state index in [0.717, 1.165) is 38.7 Å². The van der Waals surface area contributed by atoms with Crippen molar-refractivity contribution >= 4 is 5.96 Å². The maximum Gasteiger partial charge on any atom is 0.194 e. The number of aliphatic imine (C=N–C) groups is 1. The molecule has 4 heteroatoms. The van der Waals surface area contributed by atoms with E-state index in [9.17, 15) is 0 Å². The molecule has 20 heavy (non-hydrogen) atoms. The average Bonchev–Trinajstić information content (AvgIpc) is 2.99. The third-order valence-electron chi connectivity index (χ3n) is 4.31. The smallest absolute Gasteiger partial charge is 0.194 e. The van der Waals surface area contributed by atoms with Crippen molar-refractivity contribution in [3.05, 3.63) is 35.9 Å². The first-order chi connectivity index (χ1) is 9.72. The van der Waals surface area contributed by atoms with E-state index in [1.807, 2.05) is 0 Å². The normalized spacial score (nSPS) is 26.9. The van der Waals surface area contributed by atoms with Gasteiger partial charge in [0.1, 0.15) is 0 Å². The lowest BCUT2D eigenvalue weighted by atomic mass is 10.1. The predicted molar refractivity (Wildman–Crippen MR) is 82.7 cm³/mol. The average molecular weight is 272 g/mol. The van der Waals surface area contributed by atoms with Crippen LogP contribution >= 0.6 is 0 Å². The molecular weight excluding hydrogens is 248 g/mol. The zero-order chi connectivity index (χ0) is 13.9. The van der Waals surface area contributed by atoms with E-state index in [1.54, 1.807) is 0 Å². The van der Waals surface area contributed by atoms with E-state index in [0.29, 0.717) is 12.0 Å². The molecule has 0 saturated carbocycles. The van der Waals surface area contributed by atoms with Crippen molar-refractivity contribution < 1.29 is 0 Å². The van der Waals surface area contributed by atoms with Crippen molar-refractivity contribution in [2.24, 2.45) is 10.9 Å². The molecule has 108 valence electrons. The monoisotopic (exact) mass is 272 g/mol. The van der Waals surface area contributed by atoms with Gasteiger partial charge in [-0.2, -0.15) is 0 Å². The van der Waals surface area contributed by atoms with Gasteiger partial charge in [0.25, 0.3) is 0 Å². The molecule has 2 heterocycles. The van der Waals surface area contributed by atoms with Gasteiger partial charge in [-0.3, -0.25) is 9.89 Å². The van der Waals surface area contributed by atoms with Crippen LogP contribution in [0.2, 0.25) is 0 Å². The van der Waals surface area contributed by atoms with Crippen LogP contribution in [-0.4, -0.2) is 55.0 Å². The molecule has 1 aromatic rings. The Morgan fingerprint density at radius 2 is 2.05 bits per heavy atom. The first kappa shape index (κ1) is 13.4. The highest BCUT2D eigenvalue weighted by Crippen LogP contribution is 2.19. The summed E-state index contributed by atoms with van der Waals surface area (Å²) in [4.78, 5) is 9.29. The van der Waals surface area contributed by atoms with Crippen molar-refractivity contribution in [2.45, 2.75) is 19.5 Å². The summed E-state index contributed by atoms with van der Waals surface area (Å²) in [5.41, 5.74) is 1.40. The van der Waals surface area contributed by atoms with Crippen molar-refractivity contribution in [3.8, 4) is 0 Å². The third kappa shape index (κ3) is 2.96. The van der Waals surface area contributed by atoms with Gasteiger partial charge < -0.3 is 10.2 Å². The first-order valence-electron chi connectivity index (χ1n) is 7.51. The summed E-state index contributed by atoms with van der Waals surface area (Å²) in [6.07, 6.45) is 0. The molecule has 2 atom stereocenters. The van der Waals surface area contributed by atoms with Gasteiger partial charge in [0.15, 0.2) is 5.96 Å². The van der Waals surface area contributed by atoms with E-state index in [4.69, 9.17) is 0 Å². The summed E-state index contributed by atoms with van der Waals surface area (Å²) >= 11 is 0. The van der Waals surface area contributed by atoms with Gasteiger partial charge in [0.2, 0.25) is 0 Å². The second-order valence-corrected chi connectivity index (χ2v) is 6.03. The summed E-state index contributed by atoms with van der Waals surface area (Å²) < 4.78 is 0. The minimum atomic E-state index is 0.512. The van der Waals surface area contributed by atoms with E-state index < -0.39 is 0 Å². The molecule has 3 rings (SSSR count). The molecule has 1 N–H and O–H groups in total. The zero-order valence-corrected chi connectivity index (χ0v) is 12.4. The fourth-order valence-corrected chi connectivity index (χ4v) is 3.08. The van der Waals surface area contributed by atoms with E-state index in [2.05, 4.69) is 64.4 Å². The molecule has 1 saturated heterocycles. The molecule has 0 aromatic heterocycles. The number of hydrogen-bond donors (Lipinski definition) is 1. The fourth-order valence-electron chi connectivity index (χ4n) is 3.08. The molecule has 0 aliphatic carbocycles. The number of hydrogen-bond acceptors (Lipinski definition) is 4. The van der Waals surface area contributed by atoms with Gasteiger partial charge in [-0.15, -0.1) is 0 Å². The summed E-state index contributed by atoms with van der Waals surface area (Å²) in [7, 11) is 2.11. The number of guanidine groups is 1. The van der Waals surface area contributed by atoms with Crippen LogP contribution in [0.15, 0.2) is 35.3 Å². The van der Waals surface area contributed by atoms with Crippen LogP contribution in [0.25, 0.3) is 0 Å². The van der Waals surface area contributed by atoms with Gasteiger partial charge in [-0.05, 0) is 11.5 Å². The largest absolute Gasteiger partial charge is 0.352 e. The molecular formula is C16H24N4. The van der Waals surface area contributed by atoms with Gasteiger partial charge in [-0.25, -0.2) is 0 Å². The number of nitrogens with one attached hydrogen (secondary N) is 1. The molecule has 2 aliphatic heterocycles. The Hall–Kier alpha value is -1.55. The van der Waals surface area contributed by atoms with Crippen LogP contribution in [0, 0.1) is 5.92 Å². The molecule has 0 amide bonds. The van der Waals surface area contributed by atoms with Crippen LogP contribution in [0.4, 0.5) is 0 Å². The Bertz CT molecular complexity index is 471. The highest BCUT2D eigenvalue weighted by molar-refractivity contribution is 5.81. The molecule has 1 aromatic carbocycles. The third-order valence-corrected chi connectivity index (χ3v) is 4.31. The second kappa shape index (κ2) is 5.83. The summed E-state index contributed by atoms with van der Waals surface area (Å²) in [6, 6.07) is 11.2. The molecule has 0 bridgehead atoms. The minimum absolute atomic E-state index is 0.512. The lowest BCUT2D eigenvalue weighted by Gasteiger charge is -2.22. The number of likely N-dealkylation sites (tertiary alicyclic amines) is 1. The molecule has 4 nitrogen and oxygen atoms in total. The van der Waals surface area contributed by atoms with Crippen molar-refractivity contribution in [1.29, 1.82) is 0 Å². The quantitative estimate of drug-likeness (QED) is 0.902. The van der Waals surface area contributed by atoms with Crippen molar-refractivity contribution in [3.63, 3.8) is 0 Å². The van der Waals surface area contributed by atoms with Crippen LogP contribution in [-0.2, 0) is 6.54 Å². The maximum absolute atomic E-state index is 4.54. The standard InChI is InChI=1S/C16H24N4/c1-13-10-20(11-14-6-4-3-5-7-14)12-15(13)18-16-17-8-9-19(16)2/h3-7,13,15H,8-12H2,1-2H3,(H,17,18). The van der Waals surface area contributed by atoms with E-state index in [1.165, 1.54) is 5.56 Å². The lowest BCUT2D eigenvalue weighted by Crippen LogP contribution is -2.45. The van der Waals surface area contributed by atoms with Gasteiger partial charge in [-0.1, -0.05) is 37.3 Å². The summed E-state index contributed by atoms with van der Waals surface area (Å²) in [6.45, 7) is 7.60. The number of benzene rings is 1. The molecule has 2 unspecified atom stereocenters. The highest BCUT2D eigenvalue weighted by Gasteiger charge is 2.31. The molecule has 2 aliphatic rings. The van der Waals surface area contributed by atoms with Gasteiger partial charge in [0, 0.05) is 39.3 Å². The fraction of sp³-hybridized carbons (Fsp3) is 0.562. The number of likely N-dealkylation sites (N-methyl/N-ethyl adjacent to an activating group) is 1. The van der Waals surface area contributed by atoms with Crippen molar-refractivity contribution in [2.75, 3.05) is 33.2 Å². The Labute approximate surface area is 121 Å². The maximum atomic E-state index is 4.54. The number of nitrogens with zero attached hydrogens (tertiary/aromatic N) is 3. The van der Waals surface area contributed by atoms with Crippen LogP contribution in [0.1, 0.15) is 12.5 Å². The topological polar surface area (TPSA) is 30.9 Å². The highest BCUT2D eigenvalue weighted by atomic mass is 15.3. The van der Waals surface area contributed by atoms with Crippen LogP contribution in [0.5, 0.6) is 0 Å². The van der Waals surface area contributed by atoms with Crippen LogP contribution in [0.3, 0.4) is 0 Å². The SMILES string of the molecule is CC1CN(Cc2ccccc2)CC1NC1=NCCN1C. The Morgan fingerprint density at radius 1 is 1.25 bits per heavy atom. The van der Waals surface area contributed by atoms with Crippen molar-refractivity contribution in [1.82, 2.24) is 15.1 Å². The zero-order valence-electron chi connectivity index (χ0n) is 12.4. The van der Waals surface area contributed by atoms with E-state index in [-0.39, 0.29) is 0 Å². The lowest BCUT2D eigenvalue weighted by molar-refractivity contribution is 0.317. The first-order valence-corrected chi connectivity index (χ1v) is 7.51. The minimum Gasteiger partial charge on any atom is -0.352 e. The summed E-state index contributed by atoms with van der Waals surface area (Å²) in [5.74, 6) is 1.74. The second-order valence-electron chi connectivity index (χ2n) is 6.03. The predicted octanol–water partition coefficient (Wildman–Crippen LogP) is 1.40. The van der Waals surface area contributed by atoms with E-state index >= 15 is 0 Å². The number of rotatable bonds is 3. The molecule has 0 spiro atoms. The van der Waals surface area contributed by atoms with Gasteiger partial charge >= 0.3 is 0 Å².